The molecule has 11 nitrogen and oxygen atoms in total. The van der Waals surface area contributed by atoms with Crippen LogP contribution in [0.5, 0.6) is 0 Å². The molecular formula is C28H39N6O5+. The lowest BCUT2D eigenvalue weighted by Crippen LogP contribution is -2.76. The number of benzene rings is 1. The van der Waals surface area contributed by atoms with E-state index in [9.17, 15) is 14.4 Å². The van der Waals surface area contributed by atoms with E-state index in [2.05, 4.69) is 10.3 Å². The Bertz CT molecular complexity index is 1410. The summed E-state index contributed by atoms with van der Waals surface area (Å²) in [7, 11) is 3.22. The number of anilines is 1. The second-order valence-corrected chi connectivity index (χ2v) is 10.2. The number of nitrogens with two attached hydrogens (primary N) is 1. The lowest BCUT2D eigenvalue weighted by atomic mass is 9.93. The number of likely N-dealkylation sites (tertiary alicyclic amines) is 1. The molecule has 0 aliphatic carbocycles. The highest BCUT2D eigenvalue weighted by Crippen LogP contribution is 2.31. The maximum Gasteiger partial charge on any atom is 0.261 e. The third-order valence-corrected chi connectivity index (χ3v) is 6.41. The monoisotopic (exact) mass is 539 g/mol. The Hall–Kier alpha value is -3.80. The summed E-state index contributed by atoms with van der Waals surface area (Å²) in [6.07, 6.45) is 7.41. The lowest BCUT2D eigenvalue weighted by Gasteiger charge is -2.29. The van der Waals surface area contributed by atoms with Gasteiger partial charge in [0.1, 0.15) is 11.8 Å². The van der Waals surface area contributed by atoms with Crippen LogP contribution in [0.2, 0.25) is 0 Å². The van der Waals surface area contributed by atoms with Gasteiger partial charge in [0, 0.05) is 32.2 Å². The van der Waals surface area contributed by atoms with Crippen molar-refractivity contribution in [1.82, 2.24) is 19.5 Å². The fourth-order valence-electron chi connectivity index (χ4n) is 4.20. The van der Waals surface area contributed by atoms with Gasteiger partial charge < -0.3 is 19.9 Å². The van der Waals surface area contributed by atoms with Crippen LogP contribution in [-0.4, -0.2) is 64.7 Å². The summed E-state index contributed by atoms with van der Waals surface area (Å²) < 4.78 is 6.69. The van der Waals surface area contributed by atoms with Crippen molar-refractivity contribution in [2.75, 3.05) is 32.6 Å². The number of methoxy groups -OCH3 is 1. The average molecular weight is 540 g/mol. The molecule has 39 heavy (non-hydrogen) atoms. The minimum atomic E-state index is -0.312. The number of allylic oxidation sites excluding steroid dienone is 1. The number of carbonyl (C=O) groups is 2. The normalized spacial score (nSPS) is 15.0. The number of carbonyl (C=O) groups excluding carboxylic acids is 2. The van der Waals surface area contributed by atoms with Crippen LogP contribution in [0.4, 0.5) is 5.69 Å². The average Bonchev–Trinajstić information content (AvgIpc) is 3.30. The van der Waals surface area contributed by atoms with Crippen LogP contribution in [0.15, 0.2) is 53.0 Å². The molecule has 0 radical (unpaired) electrons. The molecule has 4 N–H and O–H groups in total. The van der Waals surface area contributed by atoms with Crippen molar-refractivity contribution in [3.8, 4) is 0 Å². The van der Waals surface area contributed by atoms with Crippen LogP contribution in [0.25, 0.3) is 16.6 Å². The van der Waals surface area contributed by atoms with E-state index in [0.29, 0.717) is 40.9 Å². The maximum absolute atomic E-state index is 12.9. The number of aromatic amines is 1. The Morgan fingerprint density at radius 1 is 1.23 bits per heavy atom. The molecule has 2 amide bonds. The van der Waals surface area contributed by atoms with Crippen molar-refractivity contribution in [1.29, 1.82) is 0 Å². The zero-order valence-electron chi connectivity index (χ0n) is 23.5. The Morgan fingerprint density at radius 2 is 1.92 bits per heavy atom. The minimum absolute atomic E-state index is 0.0417. The van der Waals surface area contributed by atoms with Crippen LogP contribution in [0, 0.1) is 0 Å². The largest absolute Gasteiger partial charge is 0.379 e. The SMILES string of the molecule is C/C=C\C(=C/[NH2+]OC)C(=O)Nc1cccc2nn3c(C4CCN(C=O)CC4)cc(=O)[nH]c3c12.COC(C)(C)C. The molecule has 11 heteroatoms. The molecule has 0 atom stereocenters. The summed E-state index contributed by atoms with van der Waals surface area (Å²) in [5.41, 5.74) is 4.19. The molecule has 2 aromatic heterocycles. The van der Waals surface area contributed by atoms with Gasteiger partial charge in [-0.15, -0.1) is 0 Å². The first kappa shape index (κ1) is 29.8. The van der Waals surface area contributed by atoms with Crippen LogP contribution in [0.1, 0.15) is 52.1 Å². The molecule has 3 aromatic rings. The number of hydroxylamine groups is 1. The van der Waals surface area contributed by atoms with E-state index in [1.165, 1.54) is 12.6 Å². The number of piperidine rings is 1. The van der Waals surface area contributed by atoms with Gasteiger partial charge in [-0.05, 0) is 58.7 Å². The first-order valence-corrected chi connectivity index (χ1v) is 12.9. The number of nitrogens with zero attached hydrogens (tertiary/aromatic N) is 3. The number of fused-ring (bicyclic) bond motifs is 3. The van der Waals surface area contributed by atoms with Crippen LogP contribution >= 0.6 is 0 Å². The van der Waals surface area contributed by atoms with Gasteiger partial charge in [0.25, 0.3) is 11.5 Å². The zero-order valence-corrected chi connectivity index (χ0v) is 23.5. The van der Waals surface area contributed by atoms with Crippen molar-refractivity contribution in [2.45, 2.75) is 52.1 Å². The highest BCUT2D eigenvalue weighted by molar-refractivity contribution is 6.12. The zero-order chi connectivity index (χ0) is 28.6. The smallest absolute Gasteiger partial charge is 0.261 e. The number of amides is 2. The van der Waals surface area contributed by atoms with Crippen molar-refractivity contribution >= 4 is 34.6 Å². The topological polar surface area (TPSA) is 135 Å². The van der Waals surface area contributed by atoms with E-state index < -0.39 is 0 Å². The minimum Gasteiger partial charge on any atom is -0.379 e. The Balaban J connectivity index is 0.000000631. The predicted molar refractivity (Wildman–Crippen MR) is 150 cm³/mol. The van der Waals surface area contributed by atoms with Gasteiger partial charge in [0.15, 0.2) is 0 Å². The highest BCUT2D eigenvalue weighted by Gasteiger charge is 2.24. The van der Waals surface area contributed by atoms with Gasteiger partial charge in [0.05, 0.1) is 40.6 Å². The Kier molecular flexibility index (Phi) is 10.2. The van der Waals surface area contributed by atoms with E-state index >= 15 is 0 Å². The number of hydrogen-bond acceptors (Lipinski definition) is 6. The molecular weight excluding hydrogens is 500 g/mol. The van der Waals surface area contributed by atoms with Gasteiger partial charge in [0.2, 0.25) is 6.41 Å². The van der Waals surface area contributed by atoms with Gasteiger partial charge >= 0.3 is 0 Å². The summed E-state index contributed by atoms with van der Waals surface area (Å²) in [5.74, 6) is -0.208. The second-order valence-electron chi connectivity index (χ2n) is 10.2. The maximum atomic E-state index is 12.9. The first-order chi connectivity index (χ1) is 18.6. The molecule has 1 aliphatic heterocycles. The highest BCUT2D eigenvalue weighted by atomic mass is 16.6. The standard InChI is InChI=1S/C23H26N6O4.C5H12O/c1-3-5-16(13-24-33-2)23(32)25-17-6-4-7-18-21(17)22-26-20(31)12-19(29(22)27-18)15-8-10-28(14-30)11-9-15;1-5(2,3)6-4/h3-7,12-15,24H,8-11H2,1-2H3,(H,25,32)(H,26,31);1-4H3/p+1/b5-3-,16-13+;. The van der Waals surface area contributed by atoms with Crippen molar-refractivity contribution in [3.05, 3.63) is 64.2 Å². The van der Waals surface area contributed by atoms with Crippen molar-refractivity contribution in [2.24, 2.45) is 0 Å². The third-order valence-electron chi connectivity index (χ3n) is 6.41. The van der Waals surface area contributed by atoms with E-state index in [-0.39, 0.29) is 23.0 Å². The molecule has 4 rings (SSSR count). The molecule has 0 saturated carbocycles. The number of hydrogen-bond donors (Lipinski definition) is 3. The first-order valence-electron chi connectivity index (χ1n) is 12.9. The number of rotatable bonds is 7. The van der Waals surface area contributed by atoms with E-state index in [1.54, 1.807) is 47.0 Å². The van der Waals surface area contributed by atoms with Crippen LogP contribution in [-0.2, 0) is 19.2 Å². The van der Waals surface area contributed by atoms with Gasteiger partial charge in [-0.1, -0.05) is 12.1 Å². The number of H-pyrrole nitrogens is 1. The number of nitrogens with one attached hydrogen (secondary N) is 2. The van der Waals surface area contributed by atoms with Crippen LogP contribution in [0.3, 0.4) is 0 Å². The number of quaternary nitrogens is 1. The summed E-state index contributed by atoms with van der Waals surface area (Å²) >= 11 is 0. The fraction of sp³-hybridized carbons (Fsp3) is 0.429. The van der Waals surface area contributed by atoms with Crippen molar-refractivity contribution < 1.29 is 24.6 Å². The van der Waals surface area contributed by atoms with Gasteiger partial charge in [-0.25, -0.2) is 9.35 Å². The summed E-state index contributed by atoms with van der Waals surface area (Å²) in [4.78, 5) is 46.1. The van der Waals surface area contributed by atoms with Crippen LogP contribution < -0.4 is 16.4 Å². The molecule has 1 saturated heterocycles. The third kappa shape index (κ3) is 7.62. The molecule has 1 aliphatic rings. The summed E-state index contributed by atoms with van der Waals surface area (Å²) in [6, 6.07) is 7.01. The number of ether oxygens (including phenoxy) is 1. The quantitative estimate of drug-likeness (QED) is 0.183. The molecule has 1 fully saturated rings. The van der Waals surface area contributed by atoms with E-state index in [0.717, 1.165) is 24.9 Å². The van der Waals surface area contributed by atoms with Gasteiger partial charge in [-0.2, -0.15) is 10.6 Å². The van der Waals surface area contributed by atoms with Crippen molar-refractivity contribution in [3.63, 3.8) is 0 Å². The molecule has 0 bridgehead atoms. The molecule has 0 unspecified atom stereocenters. The molecule has 1 aromatic carbocycles. The van der Waals surface area contributed by atoms with E-state index in [1.807, 2.05) is 39.8 Å². The van der Waals surface area contributed by atoms with E-state index in [4.69, 9.17) is 14.7 Å². The summed E-state index contributed by atoms with van der Waals surface area (Å²) in [6.45, 7) is 9.17. The van der Waals surface area contributed by atoms with Gasteiger partial charge in [-0.3, -0.25) is 14.4 Å². The Morgan fingerprint density at radius 3 is 2.51 bits per heavy atom. The molecule has 0 spiro atoms. The number of aromatic nitrogens is 3. The molecule has 210 valence electrons. The summed E-state index contributed by atoms with van der Waals surface area (Å²) in [5, 5.41) is 8.32. The Labute approximate surface area is 227 Å². The lowest BCUT2D eigenvalue weighted by molar-refractivity contribution is -0.842. The predicted octanol–water partition coefficient (Wildman–Crippen LogP) is 2.47. The second kappa shape index (κ2) is 13.3. The molecule has 3 heterocycles. The fourth-order valence-corrected chi connectivity index (χ4v) is 4.20.